The molecule has 25 heavy (non-hydrogen) atoms. The molecule has 1 aromatic carbocycles. The van der Waals surface area contributed by atoms with Gasteiger partial charge in [0.15, 0.2) is 0 Å². The number of hydrogen-bond donors (Lipinski definition) is 2. The summed E-state index contributed by atoms with van der Waals surface area (Å²) in [5.41, 5.74) is 1.32. The number of pyridine rings is 1. The second kappa shape index (κ2) is 7.29. The Morgan fingerprint density at radius 2 is 2.00 bits per heavy atom. The number of anilines is 1. The first-order chi connectivity index (χ1) is 11.8. The van der Waals surface area contributed by atoms with Crippen LogP contribution in [0.1, 0.15) is 34.1 Å². The van der Waals surface area contributed by atoms with Gasteiger partial charge in [0, 0.05) is 23.0 Å². The highest BCUT2D eigenvalue weighted by molar-refractivity contribution is 6.09. The van der Waals surface area contributed by atoms with Gasteiger partial charge in [-0.1, -0.05) is 12.1 Å². The molecular weight excluding hydrogens is 331 g/mol. The molecule has 0 atom stereocenters. The first-order valence-corrected chi connectivity index (χ1v) is 7.38. The van der Waals surface area contributed by atoms with Gasteiger partial charge in [0.05, 0.1) is 17.4 Å². The molecule has 7 heteroatoms. The van der Waals surface area contributed by atoms with E-state index < -0.39 is 17.6 Å². The molecule has 1 aromatic heterocycles. The van der Waals surface area contributed by atoms with Gasteiger partial charge in [-0.15, -0.1) is 0 Å². The second-order valence-corrected chi connectivity index (χ2v) is 5.28. The van der Waals surface area contributed by atoms with Crippen molar-refractivity contribution in [1.82, 2.24) is 4.98 Å². The number of amides is 1. The molecular formula is C18H16F3N3O. The van der Waals surface area contributed by atoms with Crippen LogP contribution < -0.4 is 5.32 Å². The number of carbonyl (C=O) groups is 1. The minimum atomic E-state index is -4.51. The van der Waals surface area contributed by atoms with E-state index in [9.17, 15) is 18.0 Å². The van der Waals surface area contributed by atoms with Gasteiger partial charge < -0.3 is 10.7 Å². The molecule has 0 saturated heterocycles. The quantitative estimate of drug-likeness (QED) is 0.786. The van der Waals surface area contributed by atoms with Crippen LogP contribution in [0.4, 0.5) is 18.9 Å². The van der Waals surface area contributed by atoms with Gasteiger partial charge in [-0.05, 0) is 43.7 Å². The van der Waals surface area contributed by atoms with Gasteiger partial charge in [-0.2, -0.15) is 13.2 Å². The molecule has 2 aromatic rings. The highest BCUT2D eigenvalue weighted by Crippen LogP contribution is 2.29. The zero-order valence-electron chi connectivity index (χ0n) is 13.6. The number of aromatic nitrogens is 1. The van der Waals surface area contributed by atoms with Gasteiger partial charge in [0.25, 0.3) is 5.91 Å². The van der Waals surface area contributed by atoms with Crippen molar-refractivity contribution in [3.8, 4) is 0 Å². The van der Waals surface area contributed by atoms with E-state index in [-0.39, 0.29) is 5.56 Å². The van der Waals surface area contributed by atoms with Crippen molar-refractivity contribution in [2.24, 2.45) is 0 Å². The summed E-state index contributed by atoms with van der Waals surface area (Å²) in [5.74, 6) is -0.667. The maximum absolute atomic E-state index is 12.8. The zero-order valence-corrected chi connectivity index (χ0v) is 13.6. The number of rotatable bonds is 4. The van der Waals surface area contributed by atoms with Crippen LogP contribution in [0.3, 0.4) is 0 Å². The molecule has 2 N–H and O–H groups in total. The summed E-state index contributed by atoms with van der Waals surface area (Å²) >= 11 is 0. The molecule has 130 valence electrons. The maximum Gasteiger partial charge on any atom is 0.416 e. The molecule has 0 radical (unpaired) electrons. The van der Waals surface area contributed by atoms with Crippen molar-refractivity contribution >= 4 is 23.4 Å². The summed E-state index contributed by atoms with van der Waals surface area (Å²) in [7, 11) is 0. The van der Waals surface area contributed by atoms with E-state index >= 15 is 0 Å². The third-order valence-electron chi connectivity index (χ3n) is 3.57. The fraction of sp³-hybridized carbons (Fsp3) is 0.167. The Balaban J connectivity index is 2.30. The number of alkyl halides is 3. The molecule has 0 unspecified atom stereocenters. The third kappa shape index (κ3) is 4.32. The third-order valence-corrected chi connectivity index (χ3v) is 3.57. The molecule has 2 rings (SSSR count). The zero-order chi connectivity index (χ0) is 18.6. The number of carbonyl (C=O) groups excluding carboxylic acids is 1. The number of nitrogens with one attached hydrogen (secondary N) is 2. The SMILES string of the molecule is CC=C(C=N)c1cc(NC(=O)c2cccc(C(F)(F)F)c2)cnc1C. The summed E-state index contributed by atoms with van der Waals surface area (Å²) in [5, 5.41) is 9.94. The Morgan fingerprint density at radius 3 is 2.60 bits per heavy atom. The molecule has 0 fully saturated rings. The standard InChI is InChI=1S/C18H16F3N3O/c1-3-12(9-22)16-8-15(10-23-11(16)2)24-17(25)13-5-4-6-14(7-13)18(19,20)21/h3-10,22H,1-2H3,(H,24,25). The highest BCUT2D eigenvalue weighted by atomic mass is 19.4. The second-order valence-electron chi connectivity index (χ2n) is 5.28. The van der Waals surface area contributed by atoms with E-state index in [1.165, 1.54) is 24.5 Å². The summed E-state index contributed by atoms with van der Waals surface area (Å²) in [6.07, 6.45) is -0.195. The predicted octanol–water partition coefficient (Wildman–Crippen LogP) is 4.71. The van der Waals surface area contributed by atoms with Crippen LogP contribution in [-0.2, 0) is 6.18 Å². The van der Waals surface area contributed by atoms with Crippen LogP contribution >= 0.6 is 0 Å². The summed E-state index contributed by atoms with van der Waals surface area (Å²) in [6, 6.07) is 5.83. The fourth-order valence-corrected chi connectivity index (χ4v) is 2.25. The summed E-state index contributed by atoms with van der Waals surface area (Å²) in [4.78, 5) is 16.4. The van der Waals surface area contributed by atoms with Crippen molar-refractivity contribution in [3.05, 3.63) is 65.0 Å². The van der Waals surface area contributed by atoms with Gasteiger partial charge in [-0.25, -0.2) is 0 Å². The summed E-state index contributed by atoms with van der Waals surface area (Å²) < 4.78 is 38.3. The number of aryl methyl sites for hydroxylation is 1. The Hall–Kier alpha value is -2.96. The van der Waals surface area contributed by atoms with E-state index in [0.29, 0.717) is 22.5 Å². The molecule has 0 aliphatic carbocycles. The lowest BCUT2D eigenvalue weighted by Gasteiger charge is -2.11. The molecule has 0 bridgehead atoms. The molecule has 0 aliphatic heterocycles. The Kier molecular flexibility index (Phi) is 5.36. The Morgan fingerprint density at radius 1 is 1.28 bits per heavy atom. The van der Waals surface area contributed by atoms with E-state index in [1.54, 1.807) is 26.0 Å². The number of nitrogens with zero attached hydrogens (tertiary/aromatic N) is 1. The van der Waals surface area contributed by atoms with Crippen molar-refractivity contribution in [3.63, 3.8) is 0 Å². The van der Waals surface area contributed by atoms with E-state index in [4.69, 9.17) is 5.41 Å². The van der Waals surface area contributed by atoms with Gasteiger partial charge in [0.2, 0.25) is 0 Å². The molecule has 0 saturated carbocycles. The molecule has 4 nitrogen and oxygen atoms in total. The summed E-state index contributed by atoms with van der Waals surface area (Å²) in [6.45, 7) is 3.54. The lowest BCUT2D eigenvalue weighted by atomic mass is 10.0. The first-order valence-electron chi connectivity index (χ1n) is 7.38. The average Bonchev–Trinajstić information content (AvgIpc) is 2.58. The smallest absolute Gasteiger partial charge is 0.321 e. The van der Waals surface area contributed by atoms with E-state index in [1.807, 2.05) is 0 Å². The average molecular weight is 347 g/mol. The molecule has 1 amide bonds. The maximum atomic E-state index is 12.8. The number of benzene rings is 1. The fourth-order valence-electron chi connectivity index (χ4n) is 2.25. The number of halogens is 3. The number of hydrogen-bond acceptors (Lipinski definition) is 3. The van der Waals surface area contributed by atoms with Crippen molar-refractivity contribution in [2.45, 2.75) is 20.0 Å². The lowest BCUT2D eigenvalue weighted by molar-refractivity contribution is -0.137. The lowest BCUT2D eigenvalue weighted by Crippen LogP contribution is -2.14. The Labute approximate surface area is 142 Å². The topological polar surface area (TPSA) is 65.8 Å². The molecule has 1 heterocycles. The minimum Gasteiger partial charge on any atom is -0.321 e. The van der Waals surface area contributed by atoms with E-state index in [2.05, 4.69) is 10.3 Å². The minimum absolute atomic E-state index is 0.102. The van der Waals surface area contributed by atoms with Gasteiger partial charge in [-0.3, -0.25) is 9.78 Å². The van der Waals surface area contributed by atoms with Crippen LogP contribution in [0.5, 0.6) is 0 Å². The monoisotopic (exact) mass is 347 g/mol. The highest BCUT2D eigenvalue weighted by Gasteiger charge is 2.30. The van der Waals surface area contributed by atoms with Crippen LogP contribution in [0.15, 0.2) is 42.6 Å². The van der Waals surface area contributed by atoms with Gasteiger partial charge >= 0.3 is 6.18 Å². The molecule has 0 aliphatic rings. The van der Waals surface area contributed by atoms with Crippen molar-refractivity contribution < 1.29 is 18.0 Å². The van der Waals surface area contributed by atoms with Gasteiger partial charge in [0.1, 0.15) is 0 Å². The Bertz CT molecular complexity index is 842. The van der Waals surface area contributed by atoms with Crippen LogP contribution in [0, 0.1) is 12.3 Å². The largest absolute Gasteiger partial charge is 0.416 e. The van der Waals surface area contributed by atoms with E-state index in [0.717, 1.165) is 12.1 Å². The van der Waals surface area contributed by atoms with Crippen molar-refractivity contribution in [1.29, 1.82) is 5.41 Å². The first kappa shape index (κ1) is 18.4. The predicted molar refractivity (Wildman–Crippen MR) is 90.8 cm³/mol. The van der Waals surface area contributed by atoms with Crippen LogP contribution in [0.25, 0.3) is 5.57 Å². The normalized spacial score (nSPS) is 12.0. The number of allylic oxidation sites excluding steroid dienone is 2. The van der Waals surface area contributed by atoms with Crippen LogP contribution in [-0.4, -0.2) is 17.1 Å². The van der Waals surface area contributed by atoms with Crippen LogP contribution in [0.2, 0.25) is 0 Å². The molecule has 0 spiro atoms. The van der Waals surface area contributed by atoms with Crippen molar-refractivity contribution in [2.75, 3.05) is 5.32 Å².